The molecule has 1 aliphatic heterocycles. The van der Waals surface area contributed by atoms with Crippen LogP contribution in [0.2, 0.25) is 0 Å². The zero-order valence-electron chi connectivity index (χ0n) is 15.1. The van der Waals surface area contributed by atoms with Gasteiger partial charge in [0.05, 0.1) is 20.3 Å². The Balaban J connectivity index is 1.75. The molecule has 0 aliphatic carbocycles. The normalized spacial score (nSPS) is 19.3. The van der Waals surface area contributed by atoms with Gasteiger partial charge in [0, 0.05) is 18.5 Å². The smallest absolute Gasteiger partial charge is 0.356 e. The van der Waals surface area contributed by atoms with Crippen molar-refractivity contribution in [3.63, 3.8) is 0 Å². The van der Waals surface area contributed by atoms with Gasteiger partial charge in [-0.1, -0.05) is 6.07 Å². The maximum atomic E-state index is 11.3. The quantitative estimate of drug-likeness (QED) is 0.594. The summed E-state index contributed by atoms with van der Waals surface area (Å²) in [5.41, 5.74) is 0.741. The summed E-state index contributed by atoms with van der Waals surface area (Å²) in [4.78, 5) is 29.3. The van der Waals surface area contributed by atoms with Gasteiger partial charge in [0.25, 0.3) is 0 Å². The van der Waals surface area contributed by atoms with Gasteiger partial charge in [0.1, 0.15) is 23.4 Å². The summed E-state index contributed by atoms with van der Waals surface area (Å²) in [7, 11) is -2.88. The summed E-state index contributed by atoms with van der Waals surface area (Å²) >= 11 is 0. The van der Waals surface area contributed by atoms with Crippen LogP contribution in [0.3, 0.4) is 0 Å². The Morgan fingerprint density at radius 1 is 1.37 bits per heavy atom. The average Bonchev–Trinajstić information content (AvgIpc) is 2.66. The van der Waals surface area contributed by atoms with Crippen LogP contribution in [0, 0.1) is 5.92 Å². The zero-order valence-corrected chi connectivity index (χ0v) is 16.0. The van der Waals surface area contributed by atoms with Gasteiger partial charge in [-0.05, 0) is 30.9 Å². The third kappa shape index (κ3) is 4.56. The van der Waals surface area contributed by atoms with Gasteiger partial charge >= 0.3 is 7.60 Å². The van der Waals surface area contributed by atoms with Crippen LogP contribution in [0.1, 0.15) is 12.8 Å². The number of fused-ring (bicyclic) bond motifs is 1. The lowest BCUT2D eigenvalue weighted by molar-refractivity contribution is 0.0240. The standard InChI is InChI=1S/C17H24N3O6P/c1-25-14-6-2-5-13-16(14)18-11-19-17(13)20-7-3-4-12(8-20)10-26-15(9-21)27(22,23)24/h2,5-6,11-12,15,21H,3-4,7-10H2,1H3,(H2,22,23,24). The van der Waals surface area contributed by atoms with Gasteiger partial charge in [-0.2, -0.15) is 0 Å². The van der Waals surface area contributed by atoms with Gasteiger partial charge in [-0.15, -0.1) is 0 Å². The summed E-state index contributed by atoms with van der Waals surface area (Å²) in [6, 6.07) is 5.69. The fourth-order valence-corrected chi connectivity index (χ4v) is 3.85. The van der Waals surface area contributed by atoms with E-state index < -0.39 is 20.0 Å². The molecular formula is C17H24N3O6P. The van der Waals surface area contributed by atoms with Crippen molar-refractivity contribution in [1.29, 1.82) is 0 Å². The molecule has 2 unspecified atom stereocenters. The molecule has 148 valence electrons. The van der Waals surface area contributed by atoms with Crippen LogP contribution in [0.4, 0.5) is 5.82 Å². The highest BCUT2D eigenvalue weighted by atomic mass is 31.2. The molecule has 0 bridgehead atoms. The molecule has 10 heteroatoms. The number of rotatable bonds is 7. The maximum Gasteiger partial charge on any atom is 0.356 e. The molecule has 1 saturated heterocycles. The summed E-state index contributed by atoms with van der Waals surface area (Å²) in [5.74, 6) is 0.0877. The number of aromatic nitrogens is 2. The van der Waals surface area contributed by atoms with Crippen molar-refractivity contribution in [2.75, 3.05) is 38.3 Å². The lowest BCUT2D eigenvalue weighted by Gasteiger charge is -2.34. The van der Waals surface area contributed by atoms with E-state index >= 15 is 0 Å². The Morgan fingerprint density at radius 3 is 2.89 bits per heavy atom. The molecule has 1 aromatic heterocycles. The van der Waals surface area contributed by atoms with E-state index in [1.165, 1.54) is 6.33 Å². The molecule has 2 aromatic rings. The number of para-hydroxylation sites is 1. The van der Waals surface area contributed by atoms with E-state index in [0.29, 0.717) is 12.3 Å². The molecule has 0 saturated carbocycles. The second kappa shape index (κ2) is 8.50. The van der Waals surface area contributed by atoms with E-state index in [4.69, 9.17) is 14.6 Å². The maximum absolute atomic E-state index is 11.3. The Hall–Kier alpha value is -1.77. The number of benzene rings is 1. The molecule has 2 heterocycles. The molecule has 27 heavy (non-hydrogen) atoms. The number of hydrogen-bond donors (Lipinski definition) is 3. The molecule has 1 aromatic carbocycles. The van der Waals surface area contributed by atoms with Crippen LogP contribution >= 0.6 is 7.60 Å². The number of piperidine rings is 1. The van der Waals surface area contributed by atoms with Crippen LogP contribution in [0.5, 0.6) is 5.75 Å². The topological polar surface area (TPSA) is 125 Å². The van der Waals surface area contributed by atoms with Crippen LogP contribution in [0.15, 0.2) is 24.5 Å². The summed E-state index contributed by atoms with van der Waals surface area (Å²) in [6.45, 7) is 0.917. The highest BCUT2D eigenvalue weighted by Gasteiger charge is 2.31. The lowest BCUT2D eigenvalue weighted by Crippen LogP contribution is -2.38. The third-order valence-corrected chi connectivity index (χ3v) is 5.76. The highest BCUT2D eigenvalue weighted by molar-refractivity contribution is 7.52. The van der Waals surface area contributed by atoms with E-state index in [-0.39, 0.29) is 12.5 Å². The van der Waals surface area contributed by atoms with Gasteiger partial charge in [-0.25, -0.2) is 9.97 Å². The largest absolute Gasteiger partial charge is 0.494 e. The fraction of sp³-hybridized carbons (Fsp3) is 0.529. The molecule has 0 amide bonds. The summed E-state index contributed by atoms with van der Waals surface area (Å²) in [6.07, 6.45) is 3.29. The first-order chi connectivity index (χ1) is 12.9. The summed E-state index contributed by atoms with van der Waals surface area (Å²) < 4.78 is 22.0. The van der Waals surface area contributed by atoms with Crippen molar-refractivity contribution < 1.29 is 28.9 Å². The molecule has 0 spiro atoms. The number of ether oxygens (including phenoxy) is 2. The zero-order chi connectivity index (χ0) is 19.4. The molecule has 3 N–H and O–H groups in total. The number of hydrogen-bond acceptors (Lipinski definition) is 7. The van der Waals surface area contributed by atoms with Crippen molar-refractivity contribution in [2.24, 2.45) is 5.92 Å². The van der Waals surface area contributed by atoms with Gasteiger partial charge in [0.2, 0.25) is 0 Å². The third-order valence-electron chi connectivity index (χ3n) is 4.70. The Labute approximate surface area is 157 Å². The van der Waals surface area contributed by atoms with Crippen LogP contribution in [-0.2, 0) is 9.30 Å². The first-order valence-electron chi connectivity index (χ1n) is 8.74. The molecule has 3 rings (SSSR count). The van der Waals surface area contributed by atoms with Crippen molar-refractivity contribution in [3.8, 4) is 5.75 Å². The monoisotopic (exact) mass is 397 g/mol. The number of anilines is 1. The van der Waals surface area contributed by atoms with Crippen LogP contribution in [-0.4, -0.2) is 64.1 Å². The number of aliphatic hydroxyl groups excluding tert-OH is 1. The van der Waals surface area contributed by atoms with Crippen molar-refractivity contribution >= 4 is 24.3 Å². The van der Waals surface area contributed by atoms with Gasteiger partial charge < -0.3 is 29.3 Å². The van der Waals surface area contributed by atoms with E-state index in [9.17, 15) is 14.4 Å². The molecule has 1 aliphatic rings. The predicted molar refractivity (Wildman–Crippen MR) is 99.9 cm³/mol. The Morgan fingerprint density at radius 2 is 2.19 bits per heavy atom. The Kier molecular flexibility index (Phi) is 6.29. The highest BCUT2D eigenvalue weighted by Crippen LogP contribution is 2.42. The number of methoxy groups -OCH3 is 1. The van der Waals surface area contributed by atoms with E-state index in [0.717, 1.165) is 36.1 Å². The van der Waals surface area contributed by atoms with Crippen molar-refractivity contribution in [1.82, 2.24) is 9.97 Å². The second-order valence-electron chi connectivity index (χ2n) is 6.57. The molecule has 2 atom stereocenters. The predicted octanol–water partition coefficient (Wildman–Crippen LogP) is 1.37. The van der Waals surface area contributed by atoms with Crippen molar-refractivity contribution in [3.05, 3.63) is 24.5 Å². The van der Waals surface area contributed by atoms with Gasteiger partial charge in [0.15, 0.2) is 5.85 Å². The SMILES string of the molecule is COc1cccc2c(N3CCCC(COC(CO)P(=O)(O)O)C3)ncnc12. The van der Waals surface area contributed by atoms with E-state index in [1.807, 2.05) is 18.2 Å². The molecule has 1 fully saturated rings. The minimum absolute atomic E-state index is 0.0787. The van der Waals surface area contributed by atoms with Crippen molar-refractivity contribution in [2.45, 2.75) is 18.7 Å². The van der Waals surface area contributed by atoms with E-state index in [1.54, 1.807) is 7.11 Å². The lowest BCUT2D eigenvalue weighted by atomic mass is 9.98. The first kappa shape index (κ1) is 20.0. The summed E-state index contributed by atoms with van der Waals surface area (Å²) in [5, 5.41) is 10.0. The first-order valence-corrected chi connectivity index (χ1v) is 10.4. The van der Waals surface area contributed by atoms with Crippen LogP contribution in [0.25, 0.3) is 10.9 Å². The second-order valence-corrected chi connectivity index (χ2v) is 8.32. The molecule has 9 nitrogen and oxygen atoms in total. The average molecular weight is 397 g/mol. The Bertz CT molecular complexity index is 829. The molecule has 0 radical (unpaired) electrons. The number of aliphatic hydroxyl groups is 1. The van der Waals surface area contributed by atoms with Gasteiger partial charge in [-0.3, -0.25) is 4.57 Å². The minimum atomic E-state index is -4.48. The minimum Gasteiger partial charge on any atom is -0.494 e. The number of nitrogens with zero attached hydrogens (tertiary/aromatic N) is 3. The van der Waals surface area contributed by atoms with Crippen LogP contribution < -0.4 is 9.64 Å². The fourth-order valence-electron chi connectivity index (χ4n) is 3.36. The molecular weight excluding hydrogens is 373 g/mol. The van der Waals surface area contributed by atoms with E-state index in [2.05, 4.69) is 14.9 Å².